The molecule has 0 aliphatic carbocycles. The number of non-ortho nitro benzene ring substituents is 1. The van der Waals surface area contributed by atoms with Crippen LogP contribution in [0.2, 0.25) is 0 Å². The third-order valence-electron chi connectivity index (χ3n) is 2.46. The van der Waals surface area contributed by atoms with E-state index in [1.807, 2.05) is 0 Å². The zero-order valence-electron chi connectivity index (χ0n) is 9.52. The number of nitro benzene ring substituents is 1. The highest BCUT2D eigenvalue weighted by atomic mass is 32.2. The first-order valence-electron chi connectivity index (χ1n) is 4.78. The van der Waals surface area contributed by atoms with Crippen molar-refractivity contribution in [1.29, 1.82) is 0 Å². The van der Waals surface area contributed by atoms with Crippen LogP contribution in [0.15, 0.2) is 27.5 Å². The van der Waals surface area contributed by atoms with Crippen molar-refractivity contribution in [2.45, 2.75) is 4.90 Å². The van der Waals surface area contributed by atoms with Crippen LogP contribution in [0, 0.1) is 10.1 Å². The molecule has 0 saturated carbocycles. The van der Waals surface area contributed by atoms with Gasteiger partial charge in [0.15, 0.2) is 5.17 Å². The number of amidine groups is 1. The van der Waals surface area contributed by atoms with Crippen LogP contribution in [-0.4, -0.2) is 31.8 Å². The second kappa shape index (κ2) is 4.25. The van der Waals surface area contributed by atoms with Gasteiger partial charge in [-0.3, -0.25) is 10.1 Å². The van der Waals surface area contributed by atoms with E-state index in [1.165, 1.54) is 17.0 Å². The van der Waals surface area contributed by atoms with Gasteiger partial charge in [-0.2, -0.15) is 8.42 Å². The van der Waals surface area contributed by atoms with E-state index in [9.17, 15) is 18.5 Å². The first-order chi connectivity index (χ1) is 8.36. The van der Waals surface area contributed by atoms with Crippen molar-refractivity contribution in [2.75, 3.05) is 18.2 Å². The van der Waals surface area contributed by atoms with E-state index in [0.29, 0.717) is 0 Å². The highest BCUT2D eigenvalue weighted by Crippen LogP contribution is 2.35. The molecule has 0 bridgehead atoms. The Balaban J connectivity index is 2.70. The molecule has 0 unspecified atom stereocenters. The quantitative estimate of drug-likeness (QED) is 0.573. The lowest BCUT2D eigenvalue weighted by Gasteiger charge is -2.25. The standard InChI is InChI=1S/C9H9N3O4S2/c1-11-7-5-6(12(13)14)3-4-8(7)18(15,16)10-9(11)17-2/h3-5H,1-2H3. The maximum atomic E-state index is 11.9. The maximum absolute atomic E-state index is 11.9. The largest absolute Gasteiger partial charge is 0.322 e. The minimum Gasteiger partial charge on any atom is -0.322 e. The molecule has 0 atom stereocenters. The summed E-state index contributed by atoms with van der Waals surface area (Å²) in [5, 5.41) is 11.0. The van der Waals surface area contributed by atoms with Crippen LogP contribution < -0.4 is 4.90 Å². The van der Waals surface area contributed by atoms with E-state index in [0.717, 1.165) is 17.8 Å². The van der Waals surface area contributed by atoms with Crippen molar-refractivity contribution in [3.63, 3.8) is 0 Å². The van der Waals surface area contributed by atoms with Crippen LogP contribution in [0.5, 0.6) is 0 Å². The smallest absolute Gasteiger partial charge is 0.286 e. The van der Waals surface area contributed by atoms with Crippen LogP contribution in [0.4, 0.5) is 11.4 Å². The number of anilines is 1. The number of hydrogen-bond acceptors (Lipinski definition) is 6. The van der Waals surface area contributed by atoms with E-state index >= 15 is 0 Å². The predicted octanol–water partition coefficient (Wildman–Crippen LogP) is 1.45. The second-order valence-corrected chi connectivity index (χ2v) is 5.87. The van der Waals surface area contributed by atoms with Gasteiger partial charge in [0, 0.05) is 19.2 Å². The summed E-state index contributed by atoms with van der Waals surface area (Å²) in [5.74, 6) is 0. The number of nitro groups is 1. The molecule has 0 aromatic heterocycles. The number of hydrogen-bond donors (Lipinski definition) is 0. The number of benzene rings is 1. The predicted molar refractivity (Wildman–Crippen MR) is 69.6 cm³/mol. The molecule has 0 saturated heterocycles. The van der Waals surface area contributed by atoms with Crippen LogP contribution in [0.3, 0.4) is 0 Å². The van der Waals surface area contributed by atoms with Gasteiger partial charge in [0.2, 0.25) is 0 Å². The molecule has 0 spiro atoms. The first kappa shape index (κ1) is 12.8. The fraction of sp³-hybridized carbons (Fsp3) is 0.222. The summed E-state index contributed by atoms with van der Waals surface area (Å²) >= 11 is 1.16. The molecular formula is C9H9N3O4S2. The Labute approximate surface area is 108 Å². The Bertz CT molecular complexity index is 654. The van der Waals surface area contributed by atoms with Gasteiger partial charge in [-0.25, -0.2) is 0 Å². The van der Waals surface area contributed by atoms with Crippen molar-refractivity contribution in [1.82, 2.24) is 0 Å². The SMILES string of the molecule is CSC1=NS(=O)(=O)c2ccc([N+](=O)[O-])cc2N1C. The van der Waals surface area contributed by atoms with Crippen LogP contribution in [0.1, 0.15) is 0 Å². The van der Waals surface area contributed by atoms with Crippen molar-refractivity contribution < 1.29 is 13.3 Å². The lowest BCUT2D eigenvalue weighted by molar-refractivity contribution is -0.384. The summed E-state index contributed by atoms with van der Waals surface area (Å²) in [6, 6.07) is 3.60. The highest BCUT2D eigenvalue weighted by molar-refractivity contribution is 8.14. The lowest BCUT2D eigenvalue weighted by atomic mass is 10.2. The summed E-state index contributed by atoms with van der Waals surface area (Å²) < 4.78 is 27.4. The Hall–Kier alpha value is -1.61. The molecule has 0 N–H and O–H groups in total. The zero-order chi connectivity index (χ0) is 13.5. The van der Waals surface area contributed by atoms with Crippen molar-refractivity contribution in [3.05, 3.63) is 28.3 Å². The molecule has 1 aromatic rings. The molecule has 1 aliphatic heterocycles. The number of sulfonamides is 1. The molecule has 7 nitrogen and oxygen atoms in total. The topological polar surface area (TPSA) is 92.9 Å². The van der Waals surface area contributed by atoms with Gasteiger partial charge in [-0.05, 0) is 12.3 Å². The van der Waals surface area contributed by atoms with Gasteiger partial charge in [0.05, 0.1) is 10.6 Å². The molecule has 18 heavy (non-hydrogen) atoms. The average molecular weight is 287 g/mol. The summed E-state index contributed by atoms with van der Waals surface area (Å²) in [4.78, 5) is 11.6. The Kier molecular flexibility index (Phi) is 3.03. The molecule has 0 amide bonds. The maximum Gasteiger partial charge on any atom is 0.286 e. The Morgan fingerprint density at radius 2 is 2.11 bits per heavy atom. The monoisotopic (exact) mass is 287 g/mol. The number of fused-ring (bicyclic) bond motifs is 1. The molecule has 96 valence electrons. The van der Waals surface area contributed by atoms with Crippen LogP contribution in [0.25, 0.3) is 0 Å². The molecule has 1 aromatic carbocycles. The number of nitrogens with zero attached hydrogens (tertiary/aromatic N) is 3. The second-order valence-electron chi connectivity index (χ2n) is 3.52. The summed E-state index contributed by atoms with van der Waals surface area (Å²) in [6.45, 7) is 0. The summed E-state index contributed by atoms with van der Waals surface area (Å²) in [5.41, 5.74) is 0.113. The zero-order valence-corrected chi connectivity index (χ0v) is 11.2. The molecular weight excluding hydrogens is 278 g/mol. The molecule has 1 aliphatic rings. The van der Waals surface area contributed by atoms with Crippen LogP contribution in [-0.2, 0) is 10.0 Å². The molecule has 9 heteroatoms. The van der Waals surface area contributed by atoms with Crippen LogP contribution >= 0.6 is 11.8 Å². The first-order valence-corrected chi connectivity index (χ1v) is 7.44. The van der Waals surface area contributed by atoms with E-state index in [4.69, 9.17) is 0 Å². The fourth-order valence-electron chi connectivity index (χ4n) is 1.59. The fourth-order valence-corrected chi connectivity index (χ4v) is 3.68. The van der Waals surface area contributed by atoms with Gasteiger partial charge >= 0.3 is 0 Å². The average Bonchev–Trinajstić information content (AvgIpc) is 2.33. The van der Waals surface area contributed by atoms with E-state index in [1.54, 1.807) is 13.3 Å². The van der Waals surface area contributed by atoms with Gasteiger partial charge in [0.25, 0.3) is 15.7 Å². The van der Waals surface area contributed by atoms with Gasteiger partial charge in [-0.1, -0.05) is 11.8 Å². The number of rotatable bonds is 1. The van der Waals surface area contributed by atoms with E-state index < -0.39 is 14.9 Å². The van der Waals surface area contributed by atoms with E-state index in [2.05, 4.69) is 4.40 Å². The van der Waals surface area contributed by atoms with Crippen molar-refractivity contribution in [2.24, 2.45) is 4.40 Å². The summed E-state index contributed by atoms with van der Waals surface area (Å²) in [6.07, 6.45) is 1.69. The van der Waals surface area contributed by atoms with Crippen molar-refractivity contribution >= 4 is 38.3 Å². The molecule has 1 heterocycles. The Morgan fingerprint density at radius 3 is 2.67 bits per heavy atom. The van der Waals surface area contributed by atoms with Crippen molar-refractivity contribution in [3.8, 4) is 0 Å². The molecule has 0 fully saturated rings. The van der Waals surface area contributed by atoms with E-state index in [-0.39, 0.29) is 21.4 Å². The minimum atomic E-state index is -3.78. The Morgan fingerprint density at radius 1 is 1.44 bits per heavy atom. The third kappa shape index (κ3) is 1.95. The number of thioether (sulfide) groups is 1. The minimum absolute atomic E-state index is 0.0200. The third-order valence-corrected chi connectivity index (χ3v) is 4.62. The lowest BCUT2D eigenvalue weighted by Crippen LogP contribution is -2.29. The summed E-state index contributed by atoms with van der Waals surface area (Å²) in [7, 11) is -2.16. The molecule has 2 rings (SSSR count). The highest BCUT2D eigenvalue weighted by Gasteiger charge is 2.30. The van der Waals surface area contributed by atoms with Gasteiger partial charge in [0.1, 0.15) is 4.90 Å². The van der Waals surface area contributed by atoms with Gasteiger partial charge in [-0.15, -0.1) is 4.40 Å². The molecule has 0 radical (unpaired) electrons. The van der Waals surface area contributed by atoms with Gasteiger partial charge < -0.3 is 4.90 Å². The normalized spacial score (nSPS) is 17.0.